The molecule has 30 heavy (non-hydrogen) atoms. The number of aromatic nitrogens is 4. The van der Waals surface area contributed by atoms with Gasteiger partial charge >= 0.3 is 11.7 Å². The molecule has 2 aromatic heterocycles. The van der Waals surface area contributed by atoms with Crippen LogP contribution in [0.3, 0.4) is 0 Å². The number of para-hydroxylation sites is 1. The lowest BCUT2D eigenvalue weighted by molar-refractivity contribution is -0.134. The predicted molar refractivity (Wildman–Crippen MR) is 109 cm³/mol. The molecule has 0 saturated carbocycles. The van der Waals surface area contributed by atoms with Gasteiger partial charge in [-0.2, -0.15) is 4.98 Å². The summed E-state index contributed by atoms with van der Waals surface area (Å²) in [5, 5.41) is 22.1. The topological polar surface area (TPSA) is 141 Å². The summed E-state index contributed by atoms with van der Waals surface area (Å²) in [6.07, 6.45) is -1.03. The van der Waals surface area contributed by atoms with Crippen LogP contribution in [-0.2, 0) is 25.4 Å². The number of hydrogen-bond donors (Lipinski definition) is 3. The van der Waals surface area contributed by atoms with E-state index in [2.05, 4.69) is 10.3 Å². The Hall–Kier alpha value is -3.60. The second-order valence-corrected chi connectivity index (χ2v) is 6.90. The molecule has 0 spiro atoms. The van der Waals surface area contributed by atoms with Gasteiger partial charge in [0.05, 0.1) is 6.54 Å². The molecule has 0 aliphatic carbocycles. The lowest BCUT2D eigenvalue weighted by atomic mass is 10.2. The van der Waals surface area contributed by atoms with Crippen LogP contribution in [0.1, 0.15) is 5.56 Å². The van der Waals surface area contributed by atoms with Crippen LogP contribution in [0.15, 0.2) is 33.9 Å². The van der Waals surface area contributed by atoms with Gasteiger partial charge in [-0.15, -0.1) is 0 Å². The standard InChI is InChI=1S/C19H23N5O6/c1-11-6-4-5-7-13(11)30-10-12(25)9-24-15-16(21-18(24)20-8-14(26)27)22(2)19(29)23(3)17(15)28/h4-7,12,25H,8-10H2,1-3H3,(H,20,21)(H,26,27). The number of nitrogens with zero attached hydrogens (tertiary/aromatic N) is 4. The van der Waals surface area contributed by atoms with Gasteiger partial charge in [-0.05, 0) is 18.6 Å². The van der Waals surface area contributed by atoms with Crippen LogP contribution in [0.2, 0.25) is 0 Å². The van der Waals surface area contributed by atoms with E-state index in [4.69, 9.17) is 9.84 Å². The number of anilines is 1. The van der Waals surface area contributed by atoms with E-state index in [0.29, 0.717) is 5.75 Å². The van der Waals surface area contributed by atoms with E-state index in [9.17, 15) is 19.5 Å². The van der Waals surface area contributed by atoms with Gasteiger partial charge in [0.25, 0.3) is 5.56 Å². The summed E-state index contributed by atoms with van der Waals surface area (Å²) < 4.78 is 9.14. The third-order valence-electron chi connectivity index (χ3n) is 4.66. The summed E-state index contributed by atoms with van der Waals surface area (Å²) in [5.41, 5.74) is -0.0997. The fraction of sp³-hybridized carbons (Fsp3) is 0.368. The summed E-state index contributed by atoms with van der Waals surface area (Å²) in [7, 11) is 2.80. The number of carbonyl (C=O) groups is 1. The number of aliphatic carboxylic acids is 1. The molecule has 0 aliphatic rings. The fourth-order valence-corrected chi connectivity index (χ4v) is 3.08. The molecule has 0 fully saturated rings. The van der Waals surface area contributed by atoms with Crippen molar-refractivity contribution < 1.29 is 19.7 Å². The first-order valence-electron chi connectivity index (χ1n) is 9.19. The highest BCUT2D eigenvalue weighted by Crippen LogP contribution is 2.18. The van der Waals surface area contributed by atoms with Gasteiger partial charge < -0.3 is 24.8 Å². The number of aliphatic hydroxyl groups is 1. The molecule has 0 amide bonds. The van der Waals surface area contributed by atoms with Crippen LogP contribution in [0.4, 0.5) is 5.95 Å². The van der Waals surface area contributed by atoms with Crippen molar-refractivity contribution in [2.45, 2.75) is 19.6 Å². The van der Waals surface area contributed by atoms with E-state index >= 15 is 0 Å². The molecular weight excluding hydrogens is 394 g/mol. The molecule has 1 atom stereocenters. The number of hydrogen-bond acceptors (Lipinski definition) is 7. The van der Waals surface area contributed by atoms with Crippen LogP contribution in [0, 0.1) is 6.92 Å². The zero-order valence-electron chi connectivity index (χ0n) is 16.8. The van der Waals surface area contributed by atoms with Crippen molar-refractivity contribution in [2.24, 2.45) is 14.1 Å². The summed E-state index contributed by atoms with van der Waals surface area (Å²) >= 11 is 0. The predicted octanol–water partition coefficient (Wildman–Crippen LogP) is -0.321. The normalized spacial score (nSPS) is 12.1. The number of fused-ring (bicyclic) bond motifs is 1. The molecule has 11 heteroatoms. The van der Waals surface area contributed by atoms with Crippen LogP contribution < -0.4 is 21.3 Å². The molecule has 0 aliphatic heterocycles. The van der Waals surface area contributed by atoms with Gasteiger partial charge in [-0.1, -0.05) is 18.2 Å². The molecule has 0 bridgehead atoms. The van der Waals surface area contributed by atoms with Gasteiger partial charge in [0.2, 0.25) is 5.95 Å². The van der Waals surface area contributed by atoms with Crippen LogP contribution >= 0.6 is 0 Å². The summed E-state index contributed by atoms with van der Waals surface area (Å²) in [6.45, 7) is 1.27. The van der Waals surface area contributed by atoms with Crippen LogP contribution in [-0.4, -0.2) is 54.1 Å². The van der Waals surface area contributed by atoms with Crippen molar-refractivity contribution in [1.29, 1.82) is 0 Å². The van der Waals surface area contributed by atoms with Crippen molar-refractivity contribution >= 4 is 23.1 Å². The van der Waals surface area contributed by atoms with Crippen LogP contribution in [0.25, 0.3) is 11.2 Å². The Morgan fingerprint density at radius 3 is 2.60 bits per heavy atom. The van der Waals surface area contributed by atoms with Gasteiger partial charge in [0.15, 0.2) is 11.2 Å². The van der Waals surface area contributed by atoms with Crippen molar-refractivity contribution in [3.8, 4) is 5.75 Å². The van der Waals surface area contributed by atoms with Crippen molar-refractivity contribution in [2.75, 3.05) is 18.5 Å². The summed E-state index contributed by atoms with van der Waals surface area (Å²) in [5.74, 6) is -0.450. The molecule has 160 valence electrons. The Labute approximate surface area is 170 Å². The average Bonchev–Trinajstić information content (AvgIpc) is 3.06. The first kappa shape index (κ1) is 21.1. The first-order valence-corrected chi connectivity index (χ1v) is 9.19. The molecule has 11 nitrogen and oxygen atoms in total. The number of ether oxygens (including phenoxy) is 1. The first-order chi connectivity index (χ1) is 14.2. The van der Waals surface area contributed by atoms with Crippen LogP contribution in [0.5, 0.6) is 5.75 Å². The summed E-state index contributed by atoms with van der Waals surface area (Å²) in [4.78, 5) is 40.1. The van der Waals surface area contributed by atoms with E-state index in [1.165, 1.54) is 23.2 Å². The maximum Gasteiger partial charge on any atom is 0.332 e. The highest BCUT2D eigenvalue weighted by atomic mass is 16.5. The number of carboxylic acids is 1. The molecule has 0 radical (unpaired) electrons. The van der Waals surface area contributed by atoms with Gasteiger partial charge in [-0.3, -0.25) is 18.7 Å². The molecular formula is C19H23N5O6. The minimum atomic E-state index is -1.13. The van der Waals surface area contributed by atoms with E-state index in [0.717, 1.165) is 10.1 Å². The Morgan fingerprint density at radius 2 is 1.93 bits per heavy atom. The number of carboxylic acid groups (broad SMARTS) is 1. The second kappa shape index (κ2) is 8.41. The maximum absolute atomic E-state index is 12.7. The highest BCUT2D eigenvalue weighted by Gasteiger charge is 2.21. The third kappa shape index (κ3) is 4.06. The Balaban J connectivity index is 1.96. The average molecular weight is 417 g/mol. The smallest absolute Gasteiger partial charge is 0.332 e. The zero-order chi connectivity index (χ0) is 22.0. The molecule has 2 heterocycles. The van der Waals surface area contributed by atoms with Gasteiger partial charge in [0, 0.05) is 14.1 Å². The number of benzene rings is 1. The van der Waals surface area contributed by atoms with E-state index in [1.807, 2.05) is 25.1 Å². The second-order valence-electron chi connectivity index (χ2n) is 6.90. The molecule has 1 unspecified atom stereocenters. The van der Waals surface area contributed by atoms with Crippen molar-refractivity contribution in [1.82, 2.24) is 18.7 Å². The molecule has 3 rings (SSSR count). The zero-order valence-corrected chi connectivity index (χ0v) is 16.8. The summed E-state index contributed by atoms with van der Waals surface area (Å²) in [6, 6.07) is 7.34. The van der Waals surface area contributed by atoms with Gasteiger partial charge in [0.1, 0.15) is 25.0 Å². The fourth-order valence-electron chi connectivity index (χ4n) is 3.08. The molecule has 1 aromatic carbocycles. The third-order valence-corrected chi connectivity index (χ3v) is 4.66. The van der Waals surface area contributed by atoms with E-state index in [1.54, 1.807) is 6.07 Å². The number of aryl methyl sites for hydroxylation is 2. The number of imidazole rings is 1. The number of aliphatic hydroxyl groups excluding tert-OH is 1. The maximum atomic E-state index is 12.7. The lowest BCUT2D eigenvalue weighted by Gasteiger charge is -2.16. The lowest BCUT2D eigenvalue weighted by Crippen LogP contribution is -2.38. The SMILES string of the molecule is Cc1ccccc1OCC(O)Cn1c(NCC(=O)O)nc2c1c(=O)n(C)c(=O)n2C. The number of rotatable bonds is 8. The Bertz CT molecular complexity index is 1210. The van der Waals surface area contributed by atoms with E-state index in [-0.39, 0.29) is 30.3 Å². The van der Waals surface area contributed by atoms with Crippen molar-refractivity contribution in [3.63, 3.8) is 0 Å². The monoisotopic (exact) mass is 417 g/mol. The Kier molecular flexibility index (Phi) is 5.92. The van der Waals surface area contributed by atoms with Crippen molar-refractivity contribution in [3.05, 3.63) is 50.7 Å². The highest BCUT2D eigenvalue weighted by molar-refractivity contribution is 5.76. The number of nitrogens with one attached hydrogen (secondary N) is 1. The minimum absolute atomic E-state index is 0.0561. The van der Waals surface area contributed by atoms with Gasteiger partial charge in [-0.25, -0.2) is 4.79 Å². The molecule has 3 aromatic rings. The molecule has 3 N–H and O–H groups in total. The van der Waals surface area contributed by atoms with E-state index < -0.39 is 29.9 Å². The molecule has 0 saturated heterocycles. The largest absolute Gasteiger partial charge is 0.491 e. The quantitative estimate of drug-likeness (QED) is 0.453. The minimum Gasteiger partial charge on any atom is -0.491 e. The Morgan fingerprint density at radius 1 is 1.23 bits per heavy atom.